The van der Waals surface area contributed by atoms with Crippen LogP contribution in [0.1, 0.15) is 32.6 Å². The van der Waals surface area contributed by atoms with Crippen LogP contribution in [0, 0.1) is 17.8 Å². The molecule has 2 aliphatic rings. The lowest BCUT2D eigenvalue weighted by Crippen LogP contribution is -2.47. The molecule has 4 atom stereocenters. The van der Waals surface area contributed by atoms with E-state index in [-0.39, 0.29) is 11.9 Å². The molecule has 2 saturated carbocycles. The number of hydrogen-bond donors (Lipinski definition) is 2. The molecule has 2 N–H and O–H groups in total. The molecule has 3 amide bonds. The maximum atomic E-state index is 11.5. The number of alkyl halides is 1. The number of urea groups is 1. The van der Waals surface area contributed by atoms with Crippen molar-refractivity contribution in [3.63, 3.8) is 0 Å². The van der Waals surface area contributed by atoms with Gasteiger partial charge in [-0.15, -0.1) is 11.6 Å². The van der Waals surface area contributed by atoms with Crippen molar-refractivity contribution in [3.05, 3.63) is 0 Å². The second kappa shape index (κ2) is 5.25. The number of halogens is 1. The maximum Gasteiger partial charge on any atom is 0.321 e. The number of carbonyl (C=O) groups excluding carboxylic acids is 2. The van der Waals surface area contributed by atoms with Gasteiger partial charge in [-0.3, -0.25) is 10.1 Å². The monoisotopic (exact) mass is 258 g/mol. The lowest BCUT2D eigenvalue weighted by molar-refractivity contribution is -0.117. The topological polar surface area (TPSA) is 58.2 Å². The van der Waals surface area contributed by atoms with Crippen LogP contribution in [0.2, 0.25) is 0 Å². The minimum atomic E-state index is -0.454. The number of imide groups is 1. The summed E-state index contributed by atoms with van der Waals surface area (Å²) in [7, 11) is 0. The third-order valence-corrected chi connectivity index (χ3v) is 4.41. The molecule has 4 nitrogen and oxygen atoms in total. The highest BCUT2D eigenvalue weighted by Gasteiger charge is 2.42. The Morgan fingerprint density at radius 1 is 1.35 bits per heavy atom. The van der Waals surface area contributed by atoms with E-state index in [1.807, 2.05) is 6.92 Å². The first kappa shape index (κ1) is 12.7. The highest BCUT2D eigenvalue weighted by atomic mass is 35.5. The van der Waals surface area contributed by atoms with Gasteiger partial charge in [-0.25, -0.2) is 4.79 Å². The minimum absolute atomic E-state index is 0.133. The second-order valence-electron chi connectivity index (χ2n) is 5.28. The van der Waals surface area contributed by atoms with Crippen molar-refractivity contribution in [1.29, 1.82) is 0 Å². The highest BCUT2D eigenvalue weighted by Crippen LogP contribution is 2.49. The van der Waals surface area contributed by atoms with Gasteiger partial charge in [0.05, 0.1) is 0 Å². The molecule has 0 saturated heterocycles. The summed E-state index contributed by atoms with van der Waals surface area (Å²) >= 11 is 5.32. The van der Waals surface area contributed by atoms with Gasteiger partial charge in [0.25, 0.3) is 0 Å². The lowest BCUT2D eigenvalue weighted by Gasteiger charge is -2.28. The van der Waals surface area contributed by atoms with Gasteiger partial charge in [0.2, 0.25) is 5.91 Å². The first-order valence-corrected chi connectivity index (χ1v) is 6.80. The molecule has 2 fully saturated rings. The fourth-order valence-electron chi connectivity index (χ4n) is 3.42. The van der Waals surface area contributed by atoms with E-state index in [9.17, 15) is 9.59 Å². The first-order chi connectivity index (χ1) is 8.10. The van der Waals surface area contributed by atoms with Gasteiger partial charge in [-0.2, -0.15) is 0 Å². The Bertz CT molecular complexity index is 322. The highest BCUT2D eigenvalue weighted by molar-refractivity contribution is 6.28. The van der Waals surface area contributed by atoms with Crippen LogP contribution in [0.15, 0.2) is 0 Å². The van der Waals surface area contributed by atoms with E-state index in [4.69, 9.17) is 11.6 Å². The summed E-state index contributed by atoms with van der Waals surface area (Å²) in [6.07, 6.45) is 5.18. The van der Waals surface area contributed by atoms with E-state index in [1.54, 1.807) is 0 Å². The molecule has 17 heavy (non-hydrogen) atoms. The summed E-state index contributed by atoms with van der Waals surface area (Å²) in [6, 6.07) is -0.292. The van der Waals surface area contributed by atoms with Gasteiger partial charge in [-0.1, -0.05) is 6.42 Å². The average molecular weight is 259 g/mol. The van der Waals surface area contributed by atoms with E-state index in [1.165, 1.54) is 25.7 Å². The summed E-state index contributed by atoms with van der Waals surface area (Å²) in [6.45, 7) is 2.02. The molecule has 2 bridgehead atoms. The molecule has 0 aromatic rings. The predicted octanol–water partition coefficient (Wildman–Crippen LogP) is 1.88. The van der Waals surface area contributed by atoms with Crippen molar-refractivity contribution in [1.82, 2.24) is 10.6 Å². The largest absolute Gasteiger partial charge is 0.335 e. The van der Waals surface area contributed by atoms with Crippen LogP contribution in [0.4, 0.5) is 4.79 Å². The van der Waals surface area contributed by atoms with Gasteiger partial charge < -0.3 is 5.32 Å². The van der Waals surface area contributed by atoms with Crippen molar-refractivity contribution in [2.24, 2.45) is 17.8 Å². The zero-order valence-corrected chi connectivity index (χ0v) is 10.8. The summed E-state index contributed by atoms with van der Waals surface area (Å²) in [4.78, 5) is 22.4. The van der Waals surface area contributed by atoms with Crippen LogP contribution in [-0.2, 0) is 4.79 Å². The van der Waals surface area contributed by atoms with E-state index in [2.05, 4.69) is 10.6 Å². The van der Waals surface area contributed by atoms with Crippen LogP contribution in [0.25, 0.3) is 0 Å². The number of fused-ring (bicyclic) bond motifs is 2. The molecular formula is C12H19ClN2O2. The lowest BCUT2D eigenvalue weighted by atomic mass is 9.84. The fraction of sp³-hybridized carbons (Fsp3) is 0.833. The van der Waals surface area contributed by atoms with Crippen LogP contribution >= 0.6 is 11.6 Å². The number of hydrogen-bond acceptors (Lipinski definition) is 2. The molecule has 0 spiro atoms. The van der Waals surface area contributed by atoms with E-state index in [0.29, 0.717) is 5.92 Å². The van der Waals surface area contributed by atoms with Gasteiger partial charge in [0, 0.05) is 6.04 Å². The number of rotatable bonds is 3. The molecule has 0 aromatic heterocycles. The standard InChI is InChI=1S/C12H19ClN2O2/c1-7(14-12(17)15-11(16)6-13)10-5-8-2-3-9(10)4-8/h7-10H,2-6H2,1H3,(H2,14,15,16,17)/t7-,8+,9+,10-/m1/s1. The van der Waals surface area contributed by atoms with E-state index >= 15 is 0 Å². The molecule has 0 unspecified atom stereocenters. The summed E-state index contributed by atoms with van der Waals surface area (Å²) in [5.74, 6) is 1.56. The predicted molar refractivity (Wildman–Crippen MR) is 65.8 cm³/mol. The molecule has 0 aliphatic heterocycles. The molecule has 5 heteroatoms. The third-order valence-electron chi connectivity index (χ3n) is 4.17. The fourth-order valence-corrected chi connectivity index (χ4v) is 3.48. The summed E-state index contributed by atoms with van der Waals surface area (Å²) in [5, 5.41) is 5.05. The zero-order valence-electron chi connectivity index (χ0n) is 10.0. The molecule has 0 radical (unpaired) electrons. The summed E-state index contributed by atoms with van der Waals surface area (Å²) < 4.78 is 0. The average Bonchev–Trinajstić information content (AvgIpc) is 2.90. The zero-order chi connectivity index (χ0) is 12.4. The Balaban J connectivity index is 1.79. The van der Waals surface area contributed by atoms with Crippen LogP contribution in [-0.4, -0.2) is 23.9 Å². The van der Waals surface area contributed by atoms with Gasteiger partial charge in [-0.05, 0) is 43.9 Å². The van der Waals surface area contributed by atoms with Gasteiger partial charge in [0.15, 0.2) is 0 Å². The Morgan fingerprint density at radius 2 is 2.12 bits per heavy atom. The minimum Gasteiger partial charge on any atom is -0.335 e. The van der Waals surface area contributed by atoms with Crippen molar-refractivity contribution in [2.75, 3.05) is 5.88 Å². The van der Waals surface area contributed by atoms with E-state index < -0.39 is 11.9 Å². The molecule has 2 aliphatic carbocycles. The number of carbonyl (C=O) groups is 2. The van der Waals surface area contributed by atoms with Gasteiger partial charge >= 0.3 is 6.03 Å². The van der Waals surface area contributed by atoms with Crippen LogP contribution in [0.3, 0.4) is 0 Å². The van der Waals surface area contributed by atoms with Crippen LogP contribution < -0.4 is 10.6 Å². The summed E-state index contributed by atoms with van der Waals surface area (Å²) in [5.41, 5.74) is 0. The molecular weight excluding hydrogens is 240 g/mol. The number of amides is 3. The smallest absolute Gasteiger partial charge is 0.321 e. The number of nitrogens with one attached hydrogen (secondary N) is 2. The van der Waals surface area contributed by atoms with Crippen LogP contribution in [0.5, 0.6) is 0 Å². The quantitative estimate of drug-likeness (QED) is 0.760. The second-order valence-corrected chi connectivity index (χ2v) is 5.55. The van der Waals surface area contributed by atoms with Crippen molar-refractivity contribution in [2.45, 2.75) is 38.6 Å². The van der Waals surface area contributed by atoms with Gasteiger partial charge in [0.1, 0.15) is 5.88 Å². The van der Waals surface area contributed by atoms with Crippen molar-refractivity contribution < 1.29 is 9.59 Å². The first-order valence-electron chi connectivity index (χ1n) is 6.26. The Morgan fingerprint density at radius 3 is 2.65 bits per heavy atom. The molecule has 2 rings (SSSR count). The SMILES string of the molecule is C[C@@H](NC(=O)NC(=O)CCl)[C@H]1C[C@H]2CC[C@H]1C2. The third kappa shape index (κ3) is 2.92. The van der Waals surface area contributed by atoms with Crippen molar-refractivity contribution in [3.8, 4) is 0 Å². The van der Waals surface area contributed by atoms with Crippen molar-refractivity contribution >= 4 is 23.5 Å². The Hall–Kier alpha value is -0.770. The Kier molecular flexibility index (Phi) is 3.92. The van der Waals surface area contributed by atoms with E-state index in [0.717, 1.165) is 11.8 Å². The normalized spacial score (nSPS) is 32.2. The Labute approximate surface area is 106 Å². The maximum absolute atomic E-state index is 11.5. The molecule has 0 heterocycles. The molecule has 0 aromatic carbocycles. The molecule has 96 valence electrons.